The van der Waals surface area contributed by atoms with E-state index < -0.39 is 6.10 Å². The number of likely N-dealkylation sites (tertiary alicyclic amines) is 1. The van der Waals surface area contributed by atoms with Gasteiger partial charge in [0.15, 0.2) is 0 Å². The van der Waals surface area contributed by atoms with Crippen molar-refractivity contribution in [2.24, 2.45) is 0 Å². The predicted octanol–water partition coefficient (Wildman–Crippen LogP) is 3.21. The number of rotatable bonds is 6. The van der Waals surface area contributed by atoms with Gasteiger partial charge in [0.1, 0.15) is 17.5 Å². The highest BCUT2D eigenvalue weighted by Crippen LogP contribution is 2.38. The Morgan fingerprint density at radius 2 is 1.78 bits per heavy atom. The Hall–Kier alpha value is -2.75. The molecule has 118 valence electrons. The molecule has 1 amide bonds. The second-order valence-electron chi connectivity index (χ2n) is 5.35. The van der Waals surface area contributed by atoms with Crippen LogP contribution in [-0.4, -0.2) is 30.6 Å². The van der Waals surface area contributed by atoms with E-state index in [1.165, 1.54) is 0 Å². The van der Waals surface area contributed by atoms with Crippen LogP contribution in [0.15, 0.2) is 67.3 Å². The van der Waals surface area contributed by atoms with Gasteiger partial charge in [-0.1, -0.05) is 36.4 Å². The van der Waals surface area contributed by atoms with Gasteiger partial charge < -0.3 is 14.4 Å². The molecule has 2 aromatic carbocycles. The fourth-order valence-corrected chi connectivity index (χ4v) is 2.78. The van der Waals surface area contributed by atoms with Gasteiger partial charge in [0, 0.05) is 6.54 Å². The van der Waals surface area contributed by atoms with Crippen LogP contribution in [0.2, 0.25) is 0 Å². The van der Waals surface area contributed by atoms with Crippen LogP contribution in [0.5, 0.6) is 11.5 Å². The van der Waals surface area contributed by atoms with Gasteiger partial charge in [-0.15, -0.1) is 6.58 Å². The largest absolute Gasteiger partial charge is 0.497 e. The van der Waals surface area contributed by atoms with Crippen molar-refractivity contribution in [1.82, 2.24) is 4.90 Å². The first-order chi connectivity index (χ1) is 11.2. The number of para-hydroxylation sites is 1. The van der Waals surface area contributed by atoms with Crippen molar-refractivity contribution in [3.63, 3.8) is 0 Å². The topological polar surface area (TPSA) is 38.8 Å². The zero-order chi connectivity index (χ0) is 16.2. The second kappa shape index (κ2) is 6.57. The minimum Gasteiger partial charge on any atom is -0.497 e. The summed E-state index contributed by atoms with van der Waals surface area (Å²) in [6.45, 7) is 4.23. The highest BCUT2D eigenvalue weighted by atomic mass is 16.5. The first-order valence-corrected chi connectivity index (χ1v) is 7.51. The van der Waals surface area contributed by atoms with E-state index in [1.54, 1.807) is 18.1 Å². The van der Waals surface area contributed by atoms with Gasteiger partial charge in [0.2, 0.25) is 6.10 Å². The third-order valence-electron chi connectivity index (χ3n) is 3.94. The average Bonchev–Trinajstić information content (AvgIpc) is 2.61. The van der Waals surface area contributed by atoms with Crippen LogP contribution >= 0.6 is 0 Å². The van der Waals surface area contributed by atoms with E-state index in [9.17, 15) is 4.79 Å². The number of hydrogen-bond donors (Lipinski definition) is 0. The number of hydrogen-bond acceptors (Lipinski definition) is 3. The normalized spacial score (nSPS) is 19.9. The molecular formula is C19H19NO3. The number of carbonyl (C=O) groups excluding carboxylic acids is 1. The molecule has 0 spiro atoms. The maximum absolute atomic E-state index is 12.4. The van der Waals surface area contributed by atoms with Gasteiger partial charge in [0.05, 0.1) is 7.11 Å². The van der Waals surface area contributed by atoms with Gasteiger partial charge in [0.25, 0.3) is 5.91 Å². The Bertz CT molecular complexity index is 682. The lowest BCUT2D eigenvalue weighted by Crippen LogP contribution is -2.61. The van der Waals surface area contributed by atoms with E-state index in [0.717, 1.165) is 11.3 Å². The molecular weight excluding hydrogens is 290 g/mol. The van der Waals surface area contributed by atoms with E-state index in [4.69, 9.17) is 9.47 Å². The lowest BCUT2D eigenvalue weighted by atomic mass is 9.90. The summed E-state index contributed by atoms with van der Waals surface area (Å²) in [5, 5.41) is 0. The summed E-state index contributed by atoms with van der Waals surface area (Å²) >= 11 is 0. The Kier molecular flexibility index (Phi) is 4.33. The fourth-order valence-electron chi connectivity index (χ4n) is 2.78. The molecule has 0 aromatic heterocycles. The van der Waals surface area contributed by atoms with Gasteiger partial charge in [-0.05, 0) is 29.8 Å². The minimum atomic E-state index is -0.509. The lowest BCUT2D eigenvalue weighted by Gasteiger charge is -2.46. The number of ether oxygens (including phenoxy) is 2. The molecule has 0 N–H and O–H groups in total. The van der Waals surface area contributed by atoms with Crippen LogP contribution in [0.1, 0.15) is 11.6 Å². The van der Waals surface area contributed by atoms with Crippen LogP contribution in [-0.2, 0) is 4.79 Å². The molecule has 0 radical (unpaired) electrons. The smallest absolute Gasteiger partial charge is 0.267 e. The van der Waals surface area contributed by atoms with Crippen LogP contribution in [0.3, 0.4) is 0 Å². The third kappa shape index (κ3) is 2.93. The zero-order valence-electron chi connectivity index (χ0n) is 13.0. The van der Waals surface area contributed by atoms with E-state index in [0.29, 0.717) is 12.3 Å². The first kappa shape index (κ1) is 15.2. The van der Waals surface area contributed by atoms with Crippen LogP contribution < -0.4 is 9.47 Å². The Morgan fingerprint density at radius 1 is 1.09 bits per heavy atom. The number of nitrogens with zero attached hydrogens (tertiary/aromatic N) is 1. The van der Waals surface area contributed by atoms with E-state index in [1.807, 2.05) is 54.6 Å². The molecule has 23 heavy (non-hydrogen) atoms. The highest BCUT2D eigenvalue weighted by Gasteiger charge is 2.49. The number of amides is 1. The maximum Gasteiger partial charge on any atom is 0.267 e. The predicted molar refractivity (Wildman–Crippen MR) is 88.5 cm³/mol. The zero-order valence-corrected chi connectivity index (χ0v) is 13.0. The molecule has 0 saturated carbocycles. The van der Waals surface area contributed by atoms with E-state index >= 15 is 0 Å². The Labute approximate surface area is 135 Å². The Morgan fingerprint density at radius 3 is 2.39 bits per heavy atom. The summed E-state index contributed by atoms with van der Waals surface area (Å²) < 4.78 is 11.1. The van der Waals surface area contributed by atoms with Gasteiger partial charge in [-0.25, -0.2) is 0 Å². The number of methoxy groups -OCH3 is 1. The molecule has 1 fully saturated rings. The number of benzene rings is 2. The van der Waals surface area contributed by atoms with Crippen molar-refractivity contribution in [3.8, 4) is 11.5 Å². The van der Waals surface area contributed by atoms with Crippen LogP contribution in [0.4, 0.5) is 0 Å². The van der Waals surface area contributed by atoms with Gasteiger partial charge in [-0.3, -0.25) is 4.79 Å². The molecule has 0 bridgehead atoms. The van der Waals surface area contributed by atoms with Crippen LogP contribution in [0.25, 0.3) is 0 Å². The molecule has 3 rings (SSSR count). The quantitative estimate of drug-likeness (QED) is 0.607. The van der Waals surface area contributed by atoms with Gasteiger partial charge >= 0.3 is 0 Å². The van der Waals surface area contributed by atoms with Crippen molar-refractivity contribution >= 4 is 5.91 Å². The van der Waals surface area contributed by atoms with Crippen molar-refractivity contribution in [2.45, 2.75) is 12.1 Å². The molecule has 1 aliphatic rings. The molecule has 2 atom stereocenters. The Balaban J connectivity index is 1.84. The summed E-state index contributed by atoms with van der Waals surface area (Å²) in [5.74, 6) is 1.47. The highest BCUT2D eigenvalue weighted by molar-refractivity contribution is 5.89. The number of carbonyl (C=O) groups is 1. The van der Waals surface area contributed by atoms with Crippen molar-refractivity contribution in [2.75, 3.05) is 13.7 Å². The second-order valence-corrected chi connectivity index (χ2v) is 5.35. The summed E-state index contributed by atoms with van der Waals surface area (Å²) in [7, 11) is 1.63. The number of β-lactam (4-membered cyclic amide) rings is 1. The van der Waals surface area contributed by atoms with Crippen LogP contribution in [0, 0.1) is 0 Å². The fraction of sp³-hybridized carbons (Fsp3) is 0.211. The molecule has 1 aliphatic heterocycles. The molecule has 4 nitrogen and oxygen atoms in total. The standard InChI is InChI=1S/C19H19NO3/c1-3-13-20-17(14-9-11-15(22-2)12-10-14)18(19(20)21)23-16-7-5-4-6-8-16/h3-12,17-18H,1,13H2,2H3/t17-,18-/m1/s1. The van der Waals surface area contributed by atoms with E-state index in [-0.39, 0.29) is 11.9 Å². The van der Waals surface area contributed by atoms with Crippen molar-refractivity contribution < 1.29 is 14.3 Å². The molecule has 1 saturated heterocycles. The maximum atomic E-state index is 12.4. The first-order valence-electron chi connectivity index (χ1n) is 7.51. The molecule has 4 heteroatoms. The van der Waals surface area contributed by atoms with E-state index in [2.05, 4.69) is 6.58 Å². The molecule has 2 aromatic rings. The monoisotopic (exact) mass is 309 g/mol. The minimum absolute atomic E-state index is 0.0189. The summed E-state index contributed by atoms with van der Waals surface area (Å²) in [6, 6.07) is 17.0. The SMILES string of the molecule is C=CCN1C(=O)[C@H](Oc2ccccc2)[C@H]1c1ccc(OC)cc1. The molecule has 0 aliphatic carbocycles. The molecule has 1 heterocycles. The van der Waals surface area contributed by atoms with Gasteiger partial charge in [-0.2, -0.15) is 0 Å². The summed E-state index contributed by atoms with van der Waals surface area (Å²) in [6.07, 6.45) is 1.22. The summed E-state index contributed by atoms with van der Waals surface area (Å²) in [5.41, 5.74) is 1.02. The third-order valence-corrected chi connectivity index (χ3v) is 3.94. The molecule has 0 unspecified atom stereocenters. The van der Waals surface area contributed by atoms with Crippen molar-refractivity contribution in [1.29, 1.82) is 0 Å². The average molecular weight is 309 g/mol. The lowest BCUT2D eigenvalue weighted by molar-refractivity contribution is -0.162. The summed E-state index contributed by atoms with van der Waals surface area (Å²) in [4.78, 5) is 14.2. The van der Waals surface area contributed by atoms with Crippen molar-refractivity contribution in [3.05, 3.63) is 72.8 Å².